The first kappa shape index (κ1) is 106. The fourth-order valence-corrected chi connectivity index (χ4v) is 14.8. The Morgan fingerprint density at radius 1 is 0.336 bits per heavy atom. The first-order chi connectivity index (χ1) is 61.4. The number of nitrogens with zero attached hydrogens (tertiary/aromatic N) is 5. The van der Waals surface area contributed by atoms with Gasteiger partial charge in [0.1, 0.15) is 0 Å². The third-order valence-corrected chi connectivity index (χ3v) is 20.8. The van der Waals surface area contributed by atoms with Gasteiger partial charge in [0.25, 0.3) is 0 Å². The fraction of sp³-hybridized carbons (Fsp3) is 0.165. The summed E-state index contributed by atoms with van der Waals surface area (Å²) < 4.78 is 13.5. The number of benzene rings is 13. The average molecular weight is 2440 g/mol. The maximum atomic E-state index is 13.5. The fourth-order valence-electron chi connectivity index (χ4n) is 14.8. The maximum Gasteiger partial charge on any atom is 0.316 e. The largest absolute Gasteiger partial charge is 0.512 e. The predicted molar refractivity (Wildman–Crippen MR) is 530 cm³/mol. The van der Waals surface area contributed by atoms with Crippen molar-refractivity contribution >= 4 is 104 Å². The molecule has 0 bridgehead atoms. The summed E-state index contributed by atoms with van der Waals surface area (Å²) in [5, 5.41) is 44.7. The average Bonchev–Trinajstić information content (AvgIpc) is 0.786. The number of pyridine rings is 5. The van der Waals surface area contributed by atoms with Gasteiger partial charge < -0.3 is 40.2 Å². The summed E-state index contributed by atoms with van der Waals surface area (Å²) in [5.41, 5.74) is 13.3. The maximum absolute atomic E-state index is 13.5. The van der Waals surface area contributed by atoms with Crippen LogP contribution in [0.2, 0.25) is 0 Å². The van der Waals surface area contributed by atoms with Crippen molar-refractivity contribution in [1.29, 1.82) is 0 Å². The van der Waals surface area contributed by atoms with E-state index in [1.54, 1.807) is 25.4 Å². The van der Waals surface area contributed by atoms with Crippen LogP contribution in [-0.2, 0) is 92.3 Å². The van der Waals surface area contributed by atoms with E-state index in [1.165, 1.54) is 191 Å². The number of hydrogen-bond acceptors (Lipinski definition) is 8. The number of halogens is 1. The Morgan fingerprint density at radius 2 is 0.687 bits per heavy atom. The molecule has 0 atom stereocenters. The molecule has 0 unspecified atom stereocenters. The van der Waals surface area contributed by atoms with Gasteiger partial charge in [0.05, 0.1) is 56.3 Å². The number of ketones is 3. The molecule has 13 aromatic carbocycles. The zero-order valence-electron chi connectivity index (χ0n) is 75.3. The van der Waals surface area contributed by atoms with E-state index in [-0.39, 0.29) is 126 Å². The van der Waals surface area contributed by atoms with Crippen molar-refractivity contribution in [3.8, 4) is 56.3 Å². The van der Waals surface area contributed by atoms with Crippen LogP contribution in [0.3, 0.4) is 0 Å². The second kappa shape index (κ2) is 53.2. The Hall–Kier alpha value is -12.2. The van der Waals surface area contributed by atoms with Gasteiger partial charge in [0.15, 0.2) is 0 Å². The third-order valence-electron chi connectivity index (χ3n) is 20.8. The van der Waals surface area contributed by atoms with E-state index in [9.17, 15) is 4.39 Å². The molecule has 0 aliphatic rings. The van der Waals surface area contributed by atoms with E-state index < -0.39 is 0 Å². The van der Waals surface area contributed by atoms with Crippen LogP contribution < -0.4 is 0 Å². The van der Waals surface area contributed by atoms with Crippen molar-refractivity contribution in [1.82, 2.24) is 24.9 Å². The summed E-state index contributed by atoms with van der Waals surface area (Å²) in [5.74, 6) is 0.509. The van der Waals surface area contributed by atoms with E-state index in [1.807, 2.05) is 97.5 Å². The van der Waals surface area contributed by atoms with Crippen molar-refractivity contribution < 1.29 is 115 Å². The molecule has 18 rings (SSSR count). The van der Waals surface area contributed by atoms with Crippen molar-refractivity contribution in [2.24, 2.45) is 0 Å². The molecule has 5 aromatic heterocycles. The van der Waals surface area contributed by atoms with E-state index in [0.717, 1.165) is 73.5 Å². The molecule has 16 heteroatoms. The van der Waals surface area contributed by atoms with Crippen LogP contribution in [-0.4, -0.2) is 72.0 Å². The Kier molecular flexibility index (Phi) is 43.0. The second-order valence-electron chi connectivity index (χ2n) is 32.0. The number of fused-ring (bicyclic) bond motifs is 12. The number of carbonyl (C=O) groups excluding carboxylic acids is 3. The smallest absolute Gasteiger partial charge is 0.316 e. The van der Waals surface area contributed by atoms with Crippen LogP contribution in [0.1, 0.15) is 124 Å². The van der Waals surface area contributed by atoms with E-state index in [2.05, 4.69) is 277 Å². The molecule has 4 radical (unpaired) electrons. The van der Waals surface area contributed by atoms with Crippen molar-refractivity contribution in [3.63, 3.8) is 0 Å². The summed E-state index contributed by atoms with van der Waals surface area (Å²) in [7, 11) is 0. The first-order valence-corrected chi connectivity index (χ1v) is 42.7. The van der Waals surface area contributed by atoms with Gasteiger partial charge in [0.2, 0.25) is 0 Å². The molecule has 0 amide bonds. The molecular formula is C115H108FIr4N5O6-2. The van der Waals surface area contributed by atoms with E-state index >= 15 is 0 Å². The summed E-state index contributed by atoms with van der Waals surface area (Å²) in [4.78, 5) is 47.8. The molecule has 18 aromatic rings. The minimum Gasteiger partial charge on any atom is -0.512 e. The molecule has 0 aliphatic carbocycles. The Labute approximate surface area is 823 Å². The molecule has 674 valence electrons. The summed E-state index contributed by atoms with van der Waals surface area (Å²) in [6.45, 7) is 19.7. The van der Waals surface area contributed by atoms with Gasteiger partial charge in [-0.15, -0.1) is 166 Å². The molecular weight excluding hydrogens is 2340 g/mol. The van der Waals surface area contributed by atoms with Gasteiger partial charge >= 0.3 is 17.3 Å². The van der Waals surface area contributed by atoms with Crippen LogP contribution in [0.4, 0.5) is 4.39 Å². The van der Waals surface area contributed by atoms with E-state index in [4.69, 9.17) is 29.7 Å². The van der Waals surface area contributed by atoms with Crippen molar-refractivity contribution in [2.45, 2.75) is 127 Å². The number of rotatable bonds is 15. The van der Waals surface area contributed by atoms with Gasteiger partial charge in [-0.3, -0.25) is 18.8 Å². The van der Waals surface area contributed by atoms with Crippen LogP contribution in [0.5, 0.6) is 0 Å². The van der Waals surface area contributed by atoms with Gasteiger partial charge in [0, 0.05) is 117 Å². The van der Waals surface area contributed by atoms with Crippen molar-refractivity contribution in [3.05, 3.63) is 404 Å². The standard InChI is InChI=1S/C27H28N.C23H20N.C20H13FN.C19H12N.C11H8N.3C5H8O2.4Ir/c1-2-3-4-5-6-7-10-21-13-15-23(16-14-21)27-26-18-17-22-11-8-9-12-24(22)25(26)19-20-28-27;1-23(2,3)18-11-8-17(9-12-18)22-21-13-10-16-6-4-5-7-19(16)20(21)14-15-24-22;1-13-12-15(7-9-19(13)21)20-18-8-6-14-4-2-3-5-16(14)17(18)10-11-22-20;1-2-7-15(8-3-1)19-18-11-10-14-6-4-5-9-16(14)17(18)12-13-20-19;1-2-6-10(7-3-1)11-8-4-5-9-12-11;3*1-4(6)3-5(2)7;;;;/h8-9,11-15,17-20H,2-7,10H2,1H3;4-8,10-15H,1-3H3;2-6,8-12H,1H3;1-7,9-13H;1-6,8-9H;3*3,6H,1-2H3;;;;/q5*-1;;;;;;;/p+3. The minimum absolute atomic E-state index is 0. The molecule has 0 aliphatic heterocycles. The number of unbranched alkanes of at least 4 members (excludes halogenated alkanes) is 5. The summed E-state index contributed by atoms with van der Waals surface area (Å²) >= 11 is 0. The van der Waals surface area contributed by atoms with Crippen molar-refractivity contribution in [2.75, 3.05) is 0 Å². The zero-order chi connectivity index (χ0) is 90.2. The molecule has 0 fully saturated rings. The molecule has 131 heavy (non-hydrogen) atoms. The number of aryl methyl sites for hydroxylation is 2. The number of aromatic nitrogens is 5. The van der Waals surface area contributed by atoms with Crippen LogP contribution in [0.15, 0.2) is 352 Å². The van der Waals surface area contributed by atoms with Gasteiger partial charge in [-0.1, -0.05) is 243 Å². The van der Waals surface area contributed by atoms with Crippen LogP contribution in [0, 0.1) is 43.1 Å². The summed E-state index contributed by atoms with van der Waals surface area (Å²) in [6.07, 6.45) is 22.3. The molecule has 0 spiro atoms. The summed E-state index contributed by atoms with van der Waals surface area (Å²) in [6, 6.07) is 113. The predicted octanol–water partition coefficient (Wildman–Crippen LogP) is 29.6. The Balaban J connectivity index is 0.000000213. The SMILES string of the molecule is CC(=[OH+])C=C(C)O.CC(=[OH+])C=C(C)O.CC(=[OH+])C=C(C)O.CC(C)(C)c1c[c-]c(-c2nccc3c2ccc2ccccc23)cc1.CCCCCCCCc1c[c-]c(-c2nccc3c2ccc2ccccc23)cc1.Cc1cc(-c2nccc3c2ccc2ccccc23)[c-]cc1F.[Ir].[Ir].[Ir].[Ir].[c-]1ccccc1-c1ccccn1.[c-]1ccccc1-c1nccc2c1ccc1ccccc12. The van der Waals surface area contributed by atoms with Gasteiger partial charge in [-0.25, -0.2) is 0 Å². The van der Waals surface area contributed by atoms with Crippen LogP contribution >= 0.6 is 0 Å². The molecule has 0 saturated heterocycles. The minimum atomic E-state index is -0.241. The van der Waals surface area contributed by atoms with Crippen LogP contribution in [0.25, 0.3) is 142 Å². The Bertz CT molecular complexity index is 6760. The normalized spacial score (nSPS) is 10.9. The molecule has 0 saturated carbocycles. The quantitative estimate of drug-likeness (QED) is 0.0226. The number of allylic oxidation sites excluding steroid dienone is 6. The molecule has 6 N–H and O–H groups in total. The first-order valence-electron chi connectivity index (χ1n) is 42.7. The van der Waals surface area contributed by atoms with Gasteiger partial charge in [-0.2, -0.15) is 0 Å². The topological polar surface area (TPSA) is 189 Å². The molecule has 5 heterocycles. The number of aliphatic hydroxyl groups is 3. The Morgan fingerprint density at radius 3 is 1.02 bits per heavy atom. The van der Waals surface area contributed by atoms with Gasteiger partial charge in [-0.05, 0) is 171 Å². The monoisotopic (exact) mass is 2450 g/mol. The second-order valence-corrected chi connectivity index (χ2v) is 32.0. The number of hydrogen-bond donors (Lipinski definition) is 3. The molecule has 11 nitrogen and oxygen atoms in total. The zero-order valence-corrected chi connectivity index (χ0v) is 84.9. The third kappa shape index (κ3) is 30.7. The number of aliphatic hydroxyl groups excluding tert-OH is 3. The van der Waals surface area contributed by atoms with E-state index in [0.29, 0.717) is 5.56 Å².